The fourth-order valence-electron chi connectivity index (χ4n) is 2.86. The highest BCUT2D eigenvalue weighted by Gasteiger charge is 2.14. The molecule has 2 rings (SSSR count). The molecule has 0 fully saturated rings. The van der Waals surface area contributed by atoms with Gasteiger partial charge in [0.1, 0.15) is 0 Å². The zero-order valence-electron chi connectivity index (χ0n) is 12.8. The van der Waals surface area contributed by atoms with Crippen molar-refractivity contribution in [2.24, 2.45) is 0 Å². The van der Waals surface area contributed by atoms with Crippen LogP contribution in [0.2, 0.25) is 0 Å². The molecule has 0 aliphatic carbocycles. The smallest absolute Gasteiger partial charge is 0.0456 e. The Labute approximate surface area is 116 Å². The second kappa shape index (κ2) is 5.79. The molecule has 0 spiro atoms. The number of benzene rings is 1. The molecule has 1 aromatic carbocycles. The highest BCUT2D eigenvalue weighted by Crippen LogP contribution is 2.20. The van der Waals surface area contributed by atoms with Gasteiger partial charge in [-0.25, -0.2) is 0 Å². The molecular formula is C17H26N2. The summed E-state index contributed by atoms with van der Waals surface area (Å²) in [5.41, 5.74) is 4.02. The van der Waals surface area contributed by atoms with Gasteiger partial charge < -0.3 is 4.98 Å². The van der Waals surface area contributed by atoms with Crippen LogP contribution in [0, 0.1) is 6.92 Å². The molecule has 2 heteroatoms. The number of aromatic nitrogens is 1. The zero-order chi connectivity index (χ0) is 14.0. The topological polar surface area (TPSA) is 19.0 Å². The van der Waals surface area contributed by atoms with Crippen molar-refractivity contribution in [3.05, 3.63) is 35.5 Å². The maximum atomic E-state index is 3.38. The predicted molar refractivity (Wildman–Crippen MR) is 83.7 cm³/mol. The van der Waals surface area contributed by atoms with E-state index in [4.69, 9.17) is 0 Å². The van der Waals surface area contributed by atoms with Crippen LogP contribution in [0.4, 0.5) is 0 Å². The van der Waals surface area contributed by atoms with Gasteiger partial charge in [-0.15, -0.1) is 0 Å². The summed E-state index contributed by atoms with van der Waals surface area (Å²) in [6, 6.07) is 7.84. The molecule has 0 aliphatic rings. The van der Waals surface area contributed by atoms with Gasteiger partial charge >= 0.3 is 0 Å². The minimum Gasteiger partial charge on any atom is -0.361 e. The van der Waals surface area contributed by atoms with E-state index in [1.54, 1.807) is 0 Å². The minimum atomic E-state index is 0.604. The van der Waals surface area contributed by atoms with Crippen LogP contribution in [0.15, 0.2) is 24.4 Å². The molecule has 0 aliphatic heterocycles. The third-order valence-corrected chi connectivity index (χ3v) is 3.89. The van der Waals surface area contributed by atoms with E-state index in [-0.39, 0.29) is 0 Å². The number of hydrogen-bond donors (Lipinski definition) is 1. The number of nitrogens with one attached hydrogen (secondary N) is 1. The molecule has 0 bridgehead atoms. The first-order valence-electron chi connectivity index (χ1n) is 7.31. The number of aryl methyl sites for hydroxylation is 1. The molecule has 0 saturated heterocycles. The highest BCUT2D eigenvalue weighted by atomic mass is 15.2. The van der Waals surface area contributed by atoms with Gasteiger partial charge in [-0.3, -0.25) is 4.90 Å². The fourth-order valence-corrected chi connectivity index (χ4v) is 2.86. The van der Waals surface area contributed by atoms with Crippen LogP contribution < -0.4 is 0 Å². The van der Waals surface area contributed by atoms with Crippen molar-refractivity contribution in [2.45, 2.75) is 53.1 Å². The molecule has 1 heterocycles. The zero-order valence-corrected chi connectivity index (χ0v) is 12.8. The van der Waals surface area contributed by atoms with Crippen molar-refractivity contribution in [3.63, 3.8) is 0 Å². The van der Waals surface area contributed by atoms with Gasteiger partial charge in [0, 0.05) is 35.7 Å². The summed E-state index contributed by atoms with van der Waals surface area (Å²) >= 11 is 0. The quantitative estimate of drug-likeness (QED) is 0.854. The van der Waals surface area contributed by atoms with Crippen LogP contribution in [-0.2, 0) is 6.42 Å². The Hall–Kier alpha value is -1.28. The SMILES string of the molecule is Cc1ccc2[nH]cc(CCN(C(C)C)C(C)C)c2c1. The monoisotopic (exact) mass is 258 g/mol. The van der Waals surface area contributed by atoms with Gasteiger partial charge in [0.2, 0.25) is 0 Å². The van der Waals surface area contributed by atoms with Crippen LogP contribution in [0.5, 0.6) is 0 Å². The number of nitrogens with zero attached hydrogens (tertiary/aromatic N) is 1. The van der Waals surface area contributed by atoms with Crippen LogP contribution >= 0.6 is 0 Å². The predicted octanol–water partition coefficient (Wildman–Crippen LogP) is 4.14. The van der Waals surface area contributed by atoms with Gasteiger partial charge in [-0.05, 0) is 58.7 Å². The maximum absolute atomic E-state index is 3.38. The van der Waals surface area contributed by atoms with E-state index in [1.807, 2.05) is 0 Å². The summed E-state index contributed by atoms with van der Waals surface area (Å²) in [4.78, 5) is 5.93. The summed E-state index contributed by atoms with van der Waals surface area (Å²) < 4.78 is 0. The average Bonchev–Trinajstić information content (AvgIpc) is 2.71. The van der Waals surface area contributed by atoms with Crippen molar-refractivity contribution in [1.82, 2.24) is 9.88 Å². The van der Waals surface area contributed by atoms with Crippen molar-refractivity contribution in [2.75, 3.05) is 6.54 Å². The summed E-state index contributed by atoms with van der Waals surface area (Å²) in [5.74, 6) is 0. The molecule has 2 nitrogen and oxygen atoms in total. The number of aromatic amines is 1. The number of fused-ring (bicyclic) bond motifs is 1. The van der Waals surface area contributed by atoms with Crippen molar-refractivity contribution >= 4 is 10.9 Å². The largest absolute Gasteiger partial charge is 0.361 e. The van der Waals surface area contributed by atoms with Crippen LogP contribution in [0.25, 0.3) is 10.9 Å². The lowest BCUT2D eigenvalue weighted by atomic mass is 10.1. The first-order chi connectivity index (χ1) is 8.99. The molecular weight excluding hydrogens is 232 g/mol. The lowest BCUT2D eigenvalue weighted by Crippen LogP contribution is -2.38. The molecule has 1 N–H and O–H groups in total. The number of hydrogen-bond acceptors (Lipinski definition) is 1. The molecule has 0 unspecified atom stereocenters. The highest BCUT2D eigenvalue weighted by molar-refractivity contribution is 5.83. The van der Waals surface area contributed by atoms with E-state index < -0.39 is 0 Å². The Morgan fingerprint density at radius 2 is 1.79 bits per heavy atom. The molecule has 2 aromatic rings. The third kappa shape index (κ3) is 3.19. The van der Waals surface area contributed by atoms with Gasteiger partial charge in [0.05, 0.1) is 0 Å². The molecule has 0 atom stereocenters. The third-order valence-electron chi connectivity index (χ3n) is 3.89. The van der Waals surface area contributed by atoms with E-state index in [2.05, 4.69) is 68.9 Å². The number of rotatable bonds is 5. The second-order valence-electron chi connectivity index (χ2n) is 6.04. The Morgan fingerprint density at radius 1 is 1.11 bits per heavy atom. The van der Waals surface area contributed by atoms with Gasteiger partial charge in [0.25, 0.3) is 0 Å². The molecule has 19 heavy (non-hydrogen) atoms. The molecule has 1 aromatic heterocycles. The Balaban J connectivity index is 2.15. The summed E-state index contributed by atoms with van der Waals surface area (Å²) in [6.45, 7) is 12.4. The standard InChI is InChI=1S/C17H26N2/c1-12(2)19(13(3)4)9-8-15-11-18-17-7-6-14(5)10-16(15)17/h6-7,10-13,18H,8-9H2,1-5H3. The van der Waals surface area contributed by atoms with Crippen molar-refractivity contribution < 1.29 is 0 Å². The minimum absolute atomic E-state index is 0.604. The van der Waals surface area contributed by atoms with Crippen molar-refractivity contribution in [1.29, 1.82) is 0 Å². The molecule has 104 valence electrons. The lowest BCUT2D eigenvalue weighted by molar-refractivity contribution is 0.177. The van der Waals surface area contributed by atoms with Gasteiger partial charge in [0.15, 0.2) is 0 Å². The maximum Gasteiger partial charge on any atom is 0.0456 e. The molecule has 0 radical (unpaired) electrons. The first kappa shape index (κ1) is 14.1. The average molecular weight is 258 g/mol. The van der Waals surface area contributed by atoms with E-state index >= 15 is 0 Å². The second-order valence-corrected chi connectivity index (χ2v) is 6.04. The van der Waals surface area contributed by atoms with Gasteiger partial charge in [-0.1, -0.05) is 11.6 Å². The van der Waals surface area contributed by atoms with Crippen LogP contribution in [0.1, 0.15) is 38.8 Å². The summed E-state index contributed by atoms with van der Waals surface area (Å²) in [5, 5.41) is 1.38. The van der Waals surface area contributed by atoms with E-state index in [9.17, 15) is 0 Å². The Morgan fingerprint density at radius 3 is 2.42 bits per heavy atom. The molecule has 0 amide bonds. The Kier molecular flexibility index (Phi) is 4.31. The summed E-state index contributed by atoms with van der Waals surface area (Å²) in [6.07, 6.45) is 3.28. The van der Waals surface area contributed by atoms with E-state index in [0.29, 0.717) is 12.1 Å². The molecule has 0 saturated carbocycles. The van der Waals surface area contributed by atoms with Gasteiger partial charge in [-0.2, -0.15) is 0 Å². The lowest BCUT2D eigenvalue weighted by Gasteiger charge is -2.30. The first-order valence-corrected chi connectivity index (χ1v) is 7.31. The van der Waals surface area contributed by atoms with E-state index in [1.165, 1.54) is 22.0 Å². The summed E-state index contributed by atoms with van der Waals surface area (Å²) in [7, 11) is 0. The van der Waals surface area contributed by atoms with Crippen LogP contribution in [-0.4, -0.2) is 28.5 Å². The number of H-pyrrole nitrogens is 1. The van der Waals surface area contributed by atoms with Crippen LogP contribution in [0.3, 0.4) is 0 Å². The Bertz CT molecular complexity index is 529. The normalized spacial score (nSPS) is 12.2. The van der Waals surface area contributed by atoms with Crippen molar-refractivity contribution in [3.8, 4) is 0 Å². The van der Waals surface area contributed by atoms with E-state index in [0.717, 1.165) is 13.0 Å². The fraction of sp³-hybridized carbons (Fsp3) is 0.529.